The number of ether oxygens (including phenoxy) is 2. The average Bonchev–Trinajstić information content (AvgIpc) is 3.41. The predicted octanol–water partition coefficient (Wildman–Crippen LogP) is 4.32. The Morgan fingerprint density at radius 1 is 0.857 bits per heavy atom. The van der Waals surface area contributed by atoms with Crippen molar-refractivity contribution in [2.45, 2.75) is 25.9 Å². The quantitative estimate of drug-likeness (QED) is 0.312. The van der Waals surface area contributed by atoms with Crippen LogP contribution in [-0.4, -0.2) is 42.1 Å². The molecule has 8 nitrogen and oxygen atoms in total. The van der Waals surface area contributed by atoms with Gasteiger partial charge in [0.15, 0.2) is 12.7 Å². The Morgan fingerprint density at radius 3 is 2.23 bits per heavy atom. The van der Waals surface area contributed by atoms with Gasteiger partial charge in [0.25, 0.3) is 0 Å². The number of ketones is 2. The van der Waals surface area contributed by atoms with Crippen molar-refractivity contribution in [3.8, 4) is 0 Å². The van der Waals surface area contributed by atoms with Crippen molar-refractivity contribution in [2.24, 2.45) is 0 Å². The molecule has 9 heteroatoms. The summed E-state index contributed by atoms with van der Waals surface area (Å²) in [7, 11) is 0. The lowest BCUT2D eigenvalue weighted by Crippen LogP contribution is -2.24. The van der Waals surface area contributed by atoms with E-state index in [0.717, 1.165) is 0 Å². The zero-order valence-electron chi connectivity index (χ0n) is 18.9. The summed E-state index contributed by atoms with van der Waals surface area (Å²) >= 11 is 1.26. The van der Waals surface area contributed by atoms with Crippen LogP contribution in [0.15, 0.2) is 72.1 Å². The third-order valence-electron chi connectivity index (χ3n) is 4.83. The Bertz CT molecular complexity index is 1190. The summed E-state index contributed by atoms with van der Waals surface area (Å²) in [5.41, 5.74) is 1.08. The van der Waals surface area contributed by atoms with Gasteiger partial charge in [0.05, 0.1) is 16.9 Å². The van der Waals surface area contributed by atoms with Crippen LogP contribution in [0.3, 0.4) is 0 Å². The number of carbonyl (C=O) groups is 5. The van der Waals surface area contributed by atoms with Crippen LogP contribution in [0.1, 0.15) is 50.2 Å². The van der Waals surface area contributed by atoms with Crippen molar-refractivity contribution in [3.63, 3.8) is 0 Å². The molecule has 0 bridgehead atoms. The molecule has 1 N–H and O–H groups in total. The number of esters is 2. The molecular weight excluding hydrogens is 470 g/mol. The molecule has 1 atom stereocenters. The lowest BCUT2D eigenvalue weighted by molar-refractivity contribution is -0.143. The smallest absolute Gasteiger partial charge is 0.338 e. The fraction of sp³-hybridized carbons (Fsp3) is 0.192. The van der Waals surface area contributed by atoms with Crippen molar-refractivity contribution in [2.75, 3.05) is 11.9 Å². The van der Waals surface area contributed by atoms with E-state index >= 15 is 0 Å². The maximum Gasteiger partial charge on any atom is 0.338 e. The van der Waals surface area contributed by atoms with E-state index in [1.807, 2.05) is 0 Å². The summed E-state index contributed by atoms with van der Waals surface area (Å²) in [6, 6.07) is 17.8. The van der Waals surface area contributed by atoms with Crippen LogP contribution in [-0.2, 0) is 19.1 Å². The van der Waals surface area contributed by atoms with E-state index in [0.29, 0.717) is 16.1 Å². The first-order valence-electron chi connectivity index (χ1n) is 10.8. The highest BCUT2D eigenvalue weighted by atomic mass is 32.1. The van der Waals surface area contributed by atoms with Crippen molar-refractivity contribution in [1.82, 2.24) is 0 Å². The molecule has 35 heavy (non-hydrogen) atoms. The van der Waals surface area contributed by atoms with Gasteiger partial charge in [0.1, 0.15) is 0 Å². The third-order valence-corrected chi connectivity index (χ3v) is 5.74. The van der Waals surface area contributed by atoms with Gasteiger partial charge in [-0.15, -0.1) is 11.3 Å². The lowest BCUT2D eigenvalue weighted by Gasteiger charge is -2.12. The van der Waals surface area contributed by atoms with Gasteiger partial charge in [-0.2, -0.15) is 0 Å². The first-order chi connectivity index (χ1) is 16.8. The highest BCUT2D eigenvalue weighted by molar-refractivity contribution is 7.12. The second-order valence-corrected chi connectivity index (χ2v) is 8.41. The van der Waals surface area contributed by atoms with E-state index in [9.17, 15) is 24.0 Å². The van der Waals surface area contributed by atoms with Gasteiger partial charge in [-0.05, 0) is 42.6 Å². The monoisotopic (exact) mass is 493 g/mol. The zero-order chi connectivity index (χ0) is 25.2. The molecular formula is C26H23NO7S. The second kappa shape index (κ2) is 12.4. The largest absolute Gasteiger partial charge is 0.457 e. The minimum absolute atomic E-state index is 0.130. The molecule has 0 aliphatic rings. The van der Waals surface area contributed by atoms with Crippen LogP contribution in [0.5, 0.6) is 0 Å². The molecule has 0 aliphatic carbocycles. The summed E-state index contributed by atoms with van der Waals surface area (Å²) in [5, 5.41) is 4.37. The van der Waals surface area contributed by atoms with Crippen molar-refractivity contribution < 1.29 is 33.4 Å². The third kappa shape index (κ3) is 7.72. The first-order valence-corrected chi connectivity index (χ1v) is 11.6. The summed E-state index contributed by atoms with van der Waals surface area (Å²) in [4.78, 5) is 60.9. The van der Waals surface area contributed by atoms with Gasteiger partial charge in [-0.1, -0.05) is 36.4 Å². The normalized spacial score (nSPS) is 11.2. The molecule has 180 valence electrons. The maximum absolute atomic E-state index is 12.4. The minimum atomic E-state index is -0.954. The van der Waals surface area contributed by atoms with E-state index in [1.54, 1.807) is 47.8 Å². The second-order valence-electron chi connectivity index (χ2n) is 7.46. The minimum Gasteiger partial charge on any atom is -0.457 e. The molecule has 2 aromatic carbocycles. The number of rotatable bonds is 11. The Balaban J connectivity index is 1.41. The van der Waals surface area contributed by atoms with E-state index < -0.39 is 23.9 Å². The molecule has 0 spiro atoms. The van der Waals surface area contributed by atoms with Gasteiger partial charge in [0, 0.05) is 17.7 Å². The topological polar surface area (TPSA) is 116 Å². The summed E-state index contributed by atoms with van der Waals surface area (Å²) < 4.78 is 10.2. The number of anilines is 1. The summed E-state index contributed by atoms with van der Waals surface area (Å²) in [6.45, 7) is 1.14. The van der Waals surface area contributed by atoms with Crippen LogP contribution in [0.4, 0.5) is 5.69 Å². The van der Waals surface area contributed by atoms with Crippen LogP contribution in [0.25, 0.3) is 0 Å². The Labute approximate surface area is 205 Å². The average molecular weight is 494 g/mol. The summed E-state index contributed by atoms with van der Waals surface area (Å²) in [6.07, 6.45) is -1.26. The highest BCUT2D eigenvalue weighted by Crippen LogP contribution is 2.14. The SMILES string of the molecule is CC(OC(=O)c1ccc(NC(=O)CCC(=O)OCC(=O)c2cccs2)cc1)C(=O)c1ccccc1. The van der Waals surface area contributed by atoms with Crippen LogP contribution in [0.2, 0.25) is 0 Å². The number of hydrogen-bond acceptors (Lipinski definition) is 8. The Hall–Kier alpha value is -4.11. The number of hydrogen-bond donors (Lipinski definition) is 1. The molecule has 0 fully saturated rings. The van der Waals surface area contributed by atoms with Crippen LogP contribution >= 0.6 is 11.3 Å². The fourth-order valence-corrected chi connectivity index (χ4v) is 3.63. The van der Waals surface area contributed by atoms with Gasteiger partial charge in [-0.3, -0.25) is 19.2 Å². The van der Waals surface area contributed by atoms with E-state index in [-0.39, 0.29) is 36.6 Å². The van der Waals surface area contributed by atoms with Gasteiger partial charge >= 0.3 is 11.9 Å². The van der Waals surface area contributed by atoms with Crippen molar-refractivity contribution in [1.29, 1.82) is 0 Å². The van der Waals surface area contributed by atoms with Gasteiger partial charge in [0.2, 0.25) is 17.5 Å². The molecule has 3 aromatic rings. The van der Waals surface area contributed by atoms with Crippen molar-refractivity contribution >= 4 is 46.4 Å². The lowest BCUT2D eigenvalue weighted by atomic mass is 10.1. The number of benzene rings is 2. The van der Waals surface area contributed by atoms with Crippen LogP contribution in [0, 0.1) is 0 Å². The molecule has 0 saturated carbocycles. The van der Waals surface area contributed by atoms with Crippen molar-refractivity contribution in [3.05, 3.63) is 88.1 Å². The highest BCUT2D eigenvalue weighted by Gasteiger charge is 2.20. The Kier molecular flexibility index (Phi) is 9.02. The van der Waals surface area contributed by atoms with E-state index in [1.165, 1.54) is 42.5 Å². The molecule has 1 unspecified atom stereocenters. The first kappa shape index (κ1) is 25.5. The van der Waals surface area contributed by atoms with Crippen LogP contribution < -0.4 is 5.32 Å². The van der Waals surface area contributed by atoms with Gasteiger partial charge in [-0.25, -0.2) is 4.79 Å². The molecule has 0 radical (unpaired) electrons. The molecule has 1 heterocycles. The zero-order valence-corrected chi connectivity index (χ0v) is 19.7. The molecule has 3 rings (SSSR count). The molecule has 1 amide bonds. The Morgan fingerprint density at radius 2 is 1.57 bits per heavy atom. The fourth-order valence-electron chi connectivity index (χ4n) is 2.97. The number of thiophene rings is 1. The number of nitrogens with one attached hydrogen (secondary N) is 1. The van der Waals surface area contributed by atoms with Gasteiger partial charge < -0.3 is 14.8 Å². The van der Waals surface area contributed by atoms with E-state index in [4.69, 9.17) is 9.47 Å². The predicted molar refractivity (Wildman–Crippen MR) is 130 cm³/mol. The standard InChI is InChI=1S/C26H23NO7S/c1-17(25(31)18-6-3-2-4-7-18)34-26(32)19-9-11-20(12-10-19)27-23(29)13-14-24(30)33-16-21(28)22-8-5-15-35-22/h2-12,15,17H,13-14,16H2,1H3,(H,27,29). The number of Topliss-reactive ketones (excluding diaryl/α,β-unsaturated/α-hetero) is 2. The molecule has 1 aromatic heterocycles. The summed E-state index contributed by atoms with van der Waals surface area (Å²) in [5.74, 6) is -2.35. The maximum atomic E-state index is 12.4. The number of amides is 1. The molecule has 0 saturated heterocycles. The van der Waals surface area contributed by atoms with E-state index in [2.05, 4.69) is 5.32 Å². The molecule has 0 aliphatic heterocycles. The number of carbonyl (C=O) groups excluding carboxylic acids is 5.